The third kappa shape index (κ3) is 6.15. The lowest BCUT2D eigenvalue weighted by atomic mass is 10.2. The molecule has 0 bridgehead atoms. The first-order valence-electron chi connectivity index (χ1n) is 10.1. The van der Waals surface area contributed by atoms with Crippen LogP contribution in [0.15, 0.2) is 59.1 Å². The fourth-order valence-corrected chi connectivity index (χ4v) is 3.14. The van der Waals surface area contributed by atoms with Crippen LogP contribution in [0.25, 0.3) is 11.4 Å². The zero-order chi connectivity index (χ0) is 21.3. The number of carbonyl (C=O) groups is 1. The Labute approximate surface area is 181 Å². The lowest BCUT2D eigenvalue weighted by Crippen LogP contribution is -2.41. The van der Waals surface area contributed by atoms with Gasteiger partial charge in [0, 0.05) is 29.6 Å². The molecule has 0 radical (unpaired) electrons. The Kier molecular flexibility index (Phi) is 7.99. The monoisotopic (exact) mass is 427 g/mol. The van der Waals surface area contributed by atoms with Crippen molar-refractivity contribution in [2.24, 2.45) is 0 Å². The van der Waals surface area contributed by atoms with Crippen molar-refractivity contribution in [3.05, 3.63) is 71.1 Å². The molecule has 0 saturated carbocycles. The summed E-state index contributed by atoms with van der Waals surface area (Å²) >= 11 is 5.92. The van der Waals surface area contributed by atoms with Gasteiger partial charge in [0.1, 0.15) is 6.61 Å². The van der Waals surface area contributed by atoms with Crippen molar-refractivity contribution >= 4 is 17.5 Å². The van der Waals surface area contributed by atoms with Crippen LogP contribution in [0.5, 0.6) is 0 Å². The zero-order valence-electron chi connectivity index (χ0n) is 17.3. The molecular formula is C23H26ClN3O3. The van der Waals surface area contributed by atoms with Gasteiger partial charge in [-0.15, -0.1) is 0 Å². The first-order valence-corrected chi connectivity index (χ1v) is 10.4. The lowest BCUT2D eigenvalue weighted by Gasteiger charge is -2.28. The van der Waals surface area contributed by atoms with Crippen molar-refractivity contribution in [3.63, 3.8) is 0 Å². The predicted molar refractivity (Wildman–Crippen MR) is 116 cm³/mol. The van der Waals surface area contributed by atoms with E-state index in [0.29, 0.717) is 36.3 Å². The Morgan fingerprint density at radius 1 is 1.17 bits per heavy atom. The second-order valence-corrected chi connectivity index (χ2v) is 7.53. The van der Waals surface area contributed by atoms with Crippen molar-refractivity contribution in [3.8, 4) is 11.4 Å². The number of rotatable bonds is 10. The van der Waals surface area contributed by atoms with Crippen LogP contribution in [0, 0.1) is 0 Å². The van der Waals surface area contributed by atoms with Crippen molar-refractivity contribution < 1.29 is 14.1 Å². The molecule has 0 saturated heterocycles. The molecular weight excluding hydrogens is 402 g/mol. The molecule has 0 aliphatic heterocycles. The summed E-state index contributed by atoms with van der Waals surface area (Å²) in [6.45, 7) is 5.03. The van der Waals surface area contributed by atoms with Gasteiger partial charge in [-0.05, 0) is 43.2 Å². The molecule has 0 aliphatic carbocycles. The van der Waals surface area contributed by atoms with Gasteiger partial charge in [0.25, 0.3) is 0 Å². The van der Waals surface area contributed by atoms with E-state index in [9.17, 15) is 4.79 Å². The third-order valence-corrected chi connectivity index (χ3v) is 5.17. The summed E-state index contributed by atoms with van der Waals surface area (Å²) in [7, 11) is 0. The second-order valence-electron chi connectivity index (χ2n) is 7.09. The Morgan fingerprint density at radius 2 is 1.90 bits per heavy atom. The van der Waals surface area contributed by atoms with Crippen molar-refractivity contribution in [1.82, 2.24) is 15.0 Å². The van der Waals surface area contributed by atoms with Gasteiger partial charge < -0.3 is 14.2 Å². The number of ether oxygens (including phenoxy) is 1. The number of halogens is 1. The van der Waals surface area contributed by atoms with Crippen molar-refractivity contribution in [2.75, 3.05) is 13.2 Å². The smallest absolute Gasteiger partial charge is 0.248 e. The summed E-state index contributed by atoms with van der Waals surface area (Å²) in [4.78, 5) is 19.0. The molecule has 6 nitrogen and oxygen atoms in total. The number of nitrogens with zero attached hydrogens (tertiary/aromatic N) is 3. The Morgan fingerprint density at radius 3 is 2.60 bits per heavy atom. The molecule has 158 valence electrons. The Hall–Kier alpha value is -2.70. The van der Waals surface area contributed by atoms with Gasteiger partial charge >= 0.3 is 0 Å². The molecule has 7 heteroatoms. The Bertz CT molecular complexity index is 928. The minimum atomic E-state index is -0.0438. The minimum absolute atomic E-state index is 0.0408. The van der Waals surface area contributed by atoms with E-state index in [2.05, 4.69) is 17.1 Å². The summed E-state index contributed by atoms with van der Waals surface area (Å²) in [5, 5.41) is 4.68. The van der Waals surface area contributed by atoms with Gasteiger partial charge in [-0.25, -0.2) is 0 Å². The van der Waals surface area contributed by atoms with Crippen LogP contribution < -0.4 is 0 Å². The molecule has 30 heavy (non-hydrogen) atoms. The average Bonchev–Trinajstić information content (AvgIpc) is 3.24. The summed E-state index contributed by atoms with van der Waals surface area (Å²) in [5.41, 5.74) is 1.87. The minimum Gasteiger partial charge on any atom is -0.367 e. The molecule has 0 fully saturated rings. The van der Waals surface area contributed by atoms with Crippen LogP contribution >= 0.6 is 11.6 Å². The quantitative estimate of drug-likeness (QED) is 0.466. The van der Waals surface area contributed by atoms with Gasteiger partial charge in [0.2, 0.25) is 17.6 Å². The van der Waals surface area contributed by atoms with Crippen LogP contribution in [0.1, 0.15) is 31.7 Å². The topological polar surface area (TPSA) is 68.5 Å². The van der Waals surface area contributed by atoms with E-state index in [1.807, 2.05) is 54.3 Å². The first-order chi connectivity index (χ1) is 14.6. The van der Waals surface area contributed by atoms with E-state index < -0.39 is 0 Å². The van der Waals surface area contributed by atoms with E-state index in [1.165, 1.54) is 0 Å². The molecule has 0 spiro atoms. The number of hydrogen-bond donors (Lipinski definition) is 0. The fraction of sp³-hybridized carbons (Fsp3) is 0.348. The summed E-state index contributed by atoms with van der Waals surface area (Å²) in [6.07, 6.45) is 1.33. The fourth-order valence-electron chi connectivity index (χ4n) is 3.01. The number of amides is 1. The molecule has 0 unspecified atom stereocenters. The number of carbonyl (C=O) groups excluding carboxylic acids is 1. The average molecular weight is 428 g/mol. The standard InChI is InChI=1S/C23H26ClN3O3/c1-3-17(2)27(22(28)16-29-15-18-7-5-4-6-8-18)14-13-21-25-23(26-30-21)19-9-11-20(24)12-10-19/h4-12,17H,3,13-16H2,1-2H3/t17-/m0/s1. The van der Waals surface area contributed by atoms with Crippen LogP contribution in [-0.4, -0.2) is 40.1 Å². The van der Waals surface area contributed by atoms with E-state index in [-0.39, 0.29) is 18.6 Å². The highest BCUT2D eigenvalue weighted by molar-refractivity contribution is 6.30. The second kappa shape index (κ2) is 10.9. The lowest BCUT2D eigenvalue weighted by molar-refractivity contribution is -0.138. The SMILES string of the molecule is CC[C@H](C)N(CCc1nc(-c2ccc(Cl)cc2)no1)C(=O)COCc1ccccc1. The summed E-state index contributed by atoms with van der Waals surface area (Å²) in [5.74, 6) is 0.957. The number of aromatic nitrogens is 2. The van der Waals surface area contributed by atoms with Gasteiger partial charge in [0.05, 0.1) is 6.61 Å². The summed E-state index contributed by atoms with van der Waals surface area (Å²) in [6, 6.07) is 17.2. The number of hydrogen-bond acceptors (Lipinski definition) is 5. The first kappa shape index (κ1) is 22.0. The van der Waals surface area contributed by atoms with E-state index in [1.54, 1.807) is 12.1 Å². The van der Waals surface area contributed by atoms with Crippen LogP contribution in [-0.2, 0) is 22.6 Å². The van der Waals surface area contributed by atoms with Crippen molar-refractivity contribution in [2.45, 2.75) is 39.3 Å². The van der Waals surface area contributed by atoms with E-state index >= 15 is 0 Å². The van der Waals surface area contributed by atoms with Gasteiger partial charge in [-0.2, -0.15) is 4.98 Å². The molecule has 0 aliphatic rings. The predicted octanol–water partition coefficient (Wildman–Crippen LogP) is 4.78. The molecule has 1 amide bonds. The van der Waals surface area contributed by atoms with Gasteiger partial charge in [0.15, 0.2) is 0 Å². The molecule has 1 atom stereocenters. The maximum absolute atomic E-state index is 12.7. The molecule has 1 aromatic heterocycles. The molecule has 3 aromatic rings. The van der Waals surface area contributed by atoms with Crippen LogP contribution in [0.3, 0.4) is 0 Å². The zero-order valence-corrected chi connectivity index (χ0v) is 18.0. The largest absolute Gasteiger partial charge is 0.367 e. The van der Waals surface area contributed by atoms with Crippen molar-refractivity contribution in [1.29, 1.82) is 0 Å². The van der Waals surface area contributed by atoms with Crippen LogP contribution in [0.4, 0.5) is 0 Å². The molecule has 1 heterocycles. The third-order valence-electron chi connectivity index (χ3n) is 4.92. The van der Waals surface area contributed by atoms with Gasteiger partial charge in [-0.3, -0.25) is 4.79 Å². The number of benzene rings is 2. The normalized spacial score (nSPS) is 12.0. The highest BCUT2D eigenvalue weighted by Gasteiger charge is 2.20. The Balaban J connectivity index is 1.55. The highest BCUT2D eigenvalue weighted by Crippen LogP contribution is 2.19. The van der Waals surface area contributed by atoms with E-state index in [4.69, 9.17) is 20.9 Å². The van der Waals surface area contributed by atoms with Gasteiger partial charge in [-0.1, -0.05) is 54.0 Å². The molecule has 3 rings (SSSR count). The molecule has 2 aromatic carbocycles. The van der Waals surface area contributed by atoms with Crippen LogP contribution in [0.2, 0.25) is 5.02 Å². The highest BCUT2D eigenvalue weighted by atomic mass is 35.5. The summed E-state index contributed by atoms with van der Waals surface area (Å²) < 4.78 is 11.0. The van der Waals surface area contributed by atoms with E-state index in [0.717, 1.165) is 17.5 Å². The maximum Gasteiger partial charge on any atom is 0.248 e. The maximum atomic E-state index is 12.7. The molecule has 0 N–H and O–H groups in total.